The maximum absolute atomic E-state index is 3.47. The molecular weight excluding hydrogens is 246 g/mol. The molecule has 20 heavy (non-hydrogen) atoms. The number of nitrogens with one attached hydrogen (secondary N) is 1. The van der Waals surface area contributed by atoms with Gasteiger partial charge in [0.2, 0.25) is 0 Å². The third kappa shape index (κ3) is 5.34. The summed E-state index contributed by atoms with van der Waals surface area (Å²) in [4.78, 5) is 4.99. The van der Waals surface area contributed by atoms with E-state index in [0.29, 0.717) is 11.5 Å². The van der Waals surface area contributed by atoms with Crippen LogP contribution in [0.15, 0.2) is 0 Å². The van der Waals surface area contributed by atoms with Gasteiger partial charge in [0.15, 0.2) is 0 Å². The van der Waals surface area contributed by atoms with E-state index < -0.39 is 0 Å². The molecule has 1 N–H and O–H groups in total. The molecule has 0 spiro atoms. The van der Waals surface area contributed by atoms with Gasteiger partial charge in [0.1, 0.15) is 0 Å². The molecular formula is C17H37N3. The highest BCUT2D eigenvalue weighted by Gasteiger charge is 2.35. The molecule has 0 aliphatic heterocycles. The second-order valence-corrected chi connectivity index (χ2v) is 7.39. The van der Waals surface area contributed by atoms with Crippen LogP contribution in [0.25, 0.3) is 0 Å². The lowest BCUT2D eigenvalue weighted by atomic mass is 9.70. The largest absolute Gasteiger partial charge is 0.319 e. The van der Waals surface area contributed by atoms with Crippen molar-refractivity contribution in [1.29, 1.82) is 0 Å². The minimum Gasteiger partial charge on any atom is -0.319 e. The monoisotopic (exact) mass is 283 g/mol. The molecule has 0 heterocycles. The van der Waals surface area contributed by atoms with E-state index >= 15 is 0 Å². The highest BCUT2D eigenvalue weighted by atomic mass is 15.2. The zero-order chi connectivity index (χ0) is 15.2. The standard InChI is InChI=1S/C17H37N3/c1-7-20(16(3)12-19(5)6)14-17(13-18-4)10-8-15(2)9-11-17/h15-16,18H,7-14H2,1-6H3. The summed E-state index contributed by atoms with van der Waals surface area (Å²) in [5, 5.41) is 3.47. The first-order valence-corrected chi connectivity index (χ1v) is 8.46. The van der Waals surface area contributed by atoms with Gasteiger partial charge < -0.3 is 10.2 Å². The van der Waals surface area contributed by atoms with Gasteiger partial charge in [-0.2, -0.15) is 0 Å². The van der Waals surface area contributed by atoms with Crippen molar-refractivity contribution >= 4 is 0 Å². The summed E-state index contributed by atoms with van der Waals surface area (Å²) in [5.41, 5.74) is 0.498. The van der Waals surface area contributed by atoms with Crippen LogP contribution in [-0.4, -0.2) is 63.2 Å². The summed E-state index contributed by atoms with van der Waals surface area (Å²) in [7, 11) is 6.46. The Bertz CT molecular complexity index is 257. The van der Waals surface area contributed by atoms with Gasteiger partial charge in [-0.15, -0.1) is 0 Å². The van der Waals surface area contributed by atoms with Crippen molar-refractivity contribution in [2.24, 2.45) is 11.3 Å². The van der Waals surface area contributed by atoms with Crippen molar-refractivity contribution in [3.05, 3.63) is 0 Å². The summed E-state index contributed by atoms with van der Waals surface area (Å²) in [6, 6.07) is 0.642. The number of hydrogen-bond acceptors (Lipinski definition) is 3. The van der Waals surface area contributed by atoms with Gasteiger partial charge in [-0.05, 0) is 58.8 Å². The molecule has 1 rings (SSSR count). The smallest absolute Gasteiger partial charge is 0.0194 e. The highest BCUT2D eigenvalue weighted by molar-refractivity contribution is 4.90. The van der Waals surface area contributed by atoms with Gasteiger partial charge in [0, 0.05) is 25.7 Å². The Morgan fingerprint density at radius 2 is 1.85 bits per heavy atom. The number of hydrogen-bond donors (Lipinski definition) is 1. The lowest BCUT2D eigenvalue weighted by molar-refractivity contribution is 0.0641. The van der Waals surface area contributed by atoms with E-state index in [1.54, 1.807) is 0 Å². The Kier molecular flexibility index (Phi) is 7.49. The molecule has 3 heteroatoms. The molecule has 1 saturated carbocycles. The fraction of sp³-hybridized carbons (Fsp3) is 1.00. The molecule has 1 unspecified atom stereocenters. The summed E-state index contributed by atoms with van der Waals surface area (Å²) in [6.45, 7) is 11.8. The SMILES string of the molecule is CCN(CC1(CNC)CCC(C)CC1)C(C)CN(C)C. The highest BCUT2D eigenvalue weighted by Crippen LogP contribution is 2.39. The third-order valence-electron chi connectivity index (χ3n) is 5.08. The fourth-order valence-electron chi connectivity index (χ4n) is 3.79. The third-order valence-corrected chi connectivity index (χ3v) is 5.08. The maximum Gasteiger partial charge on any atom is 0.0194 e. The van der Waals surface area contributed by atoms with Crippen molar-refractivity contribution in [3.63, 3.8) is 0 Å². The zero-order valence-electron chi connectivity index (χ0n) is 14.7. The van der Waals surface area contributed by atoms with Crippen molar-refractivity contribution in [2.45, 2.75) is 52.5 Å². The van der Waals surface area contributed by atoms with E-state index in [2.05, 4.69) is 57.0 Å². The molecule has 0 aromatic rings. The zero-order valence-corrected chi connectivity index (χ0v) is 14.7. The van der Waals surface area contributed by atoms with Crippen molar-refractivity contribution in [1.82, 2.24) is 15.1 Å². The van der Waals surface area contributed by atoms with Crippen LogP contribution in [0.5, 0.6) is 0 Å². The van der Waals surface area contributed by atoms with Gasteiger partial charge in [0.05, 0.1) is 0 Å². The second-order valence-electron chi connectivity index (χ2n) is 7.39. The maximum atomic E-state index is 3.47. The van der Waals surface area contributed by atoms with Crippen LogP contribution in [0.1, 0.15) is 46.5 Å². The van der Waals surface area contributed by atoms with Crippen LogP contribution in [0.4, 0.5) is 0 Å². The van der Waals surface area contributed by atoms with Crippen LogP contribution in [-0.2, 0) is 0 Å². The summed E-state index contributed by atoms with van der Waals surface area (Å²) in [6.07, 6.45) is 5.59. The van der Waals surface area contributed by atoms with Gasteiger partial charge in [-0.25, -0.2) is 0 Å². The average molecular weight is 284 g/mol. The van der Waals surface area contributed by atoms with Crippen LogP contribution in [0.3, 0.4) is 0 Å². The average Bonchev–Trinajstić information content (AvgIpc) is 2.39. The molecule has 1 aliphatic rings. The van der Waals surface area contributed by atoms with E-state index in [4.69, 9.17) is 0 Å². The minimum atomic E-state index is 0.498. The van der Waals surface area contributed by atoms with Gasteiger partial charge >= 0.3 is 0 Å². The van der Waals surface area contributed by atoms with Crippen LogP contribution in [0.2, 0.25) is 0 Å². The lowest BCUT2D eigenvalue weighted by Crippen LogP contribution is -2.50. The molecule has 120 valence electrons. The molecule has 1 atom stereocenters. The van der Waals surface area contributed by atoms with Crippen LogP contribution >= 0.6 is 0 Å². The summed E-state index contributed by atoms with van der Waals surface area (Å²) < 4.78 is 0. The molecule has 1 fully saturated rings. The van der Waals surface area contributed by atoms with Crippen LogP contribution in [0, 0.1) is 11.3 Å². The molecule has 0 radical (unpaired) electrons. The normalized spacial score (nSPS) is 29.1. The fourth-order valence-corrected chi connectivity index (χ4v) is 3.79. The van der Waals surface area contributed by atoms with E-state index in [-0.39, 0.29) is 0 Å². The van der Waals surface area contributed by atoms with Gasteiger partial charge in [-0.1, -0.05) is 26.7 Å². The van der Waals surface area contributed by atoms with Crippen LogP contribution < -0.4 is 5.32 Å². The van der Waals surface area contributed by atoms with Gasteiger partial charge in [0.25, 0.3) is 0 Å². The second kappa shape index (κ2) is 8.35. The summed E-state index contributed by atoms with van der Waals surface area (Å²) in [5.74, 6) is 0.925. The van der Waals surface area contributed by atoms with Crippen molar-refractivity contribution in [2.75, 3.05) is 47.3 Å². The first-order valence-electron chi connectivity index (χ1n) is 8.46. The Labute approximate surface area is 127 Å². The quantitative estimate of drug-likeness (QED) is 0.739. The molecule has 3 nitrogen and oxygen atoms in total. The van der Waals surface area contributed by atoms with E-state index in [1.165, 1.54) is 38.8 Å². The molecule has 0 saturated heterocycles. The number of rotatable bonds is 8. The topological polar surface area (TPSA) is 18.5 Å². The van der Waals surface area contributed by atoms with Crippen molar-refractivity contribution in [3.8, 4) is 0 Å². The Balaban J connectivity index is 2.66. The van der Waals surface area contributed by atoms with Crippen molar-refractivity contribution < 1.29 is 0 Å². The summed E-state index contributed by atoms with van der Waals surface area (Å²) >= 11 is 0. The first kappa shape index (κ1) is 17.9. The minimum absolute atomic E-state index is 0.498. The van der Waals surface area contributed by atoms with Gasteiger partial charge in [-0.3, -0.25) is 4.90 Å². The van der Waals surface area contributed by atoms with E-state index in [0.717, 1.165) is 19.0 Å². The molecule has 0 bridgehead atoms. The predicted octanol–water partition coefficient (Wildman–Crippen LogP) is 2.67. The Morgan fingerprint density at radius 1 is 1.25 bits per heavy atom. The number of likely N-dealkylation sites (N-methyl/N-ethyl adjacent to an activating group) is 2. The van der Waals surface area contributed by atoms with E-state index in [9.17, 15) is 0 Å². The molecule has 0 aromatic heterocycles. The molecule has 0 amide bonds. The predicted molar refractivity (Wildman–Crippen MR) is 89.3 cm³/mol. The first-order chi connectivity index (χ1) is 9.42. The number of nitrogens with zero attached hydrogens (tertiary/aromatic N) is 2. The Hall–Kier alpha value is -0.120. The van der Waals surface area contributed by atoms with E-state index in [1.807, 2.05) is 0 Å². The lowest BCUT2D eigenvalue weighted by Gasteiger charge is -2.44. The molecule has 0 aromatic carbocycles. The Morgan fingerprint density at radius 3 is 2.30 bits per heavy atom. The molecule has 1 aliphatic carbocycles.